The zero-order valence-corrected chi connectivity index (χ0v) is 13.6. The molecule has 0 aliphatic carbocycles. The largest absolute Gasteiger partial charge is 0.495 e. The average molecular weight is 308 g/mol. The Bertz CT molecular complexity index is 865. The van der Waals surface area contributed by atoms with E-state index in [-0.39, 0.29) is 5.91 Å². The number of carbonyl (C=O) groups excluding carboxylic acids is 1. The number of ether oxygens (including phenoxy) is 1. The third-order valence-corrected chi connectivity index (χ3v) is 3.96. The number of methoxy groups -OCH3 is 1. The summed E-state index contributed by atoms with van der Waals surface area (Å²) < 4.78 is 7.38. The van der Waals surface area contributed by atoms with Crippen molar-refractivity contribution in [1.82, 2.24) is 4.57 Å². The molecule has 0 saturated heterocycles. The fraction of sp³-hybridized carbons (Fsp3) is 0.211. The van der Waals surface area contributed by atoms with E-state index in [0.29, 0.717) is 17.9 Å². The lowest BCUT2D eigenvalue weighted by atomic mass is 10.1. The normalized spacial score (nSPS) is 10.7. The van der Waals surface area contributed by atoms with E-state index in [1.807, 2.05) is 61.1 Å². The number of aryl methyl sites for hydroxylation is 2. The lowest BCUT2D eigenvalue weighted by Crippen LogP contribution is -2.15. The lowest BCUT2D eigenvalue weighted by molar-refractivity contribution is -0.115. The van der Waals surface area contributed by atoms with Crippen molar-refractivity contribution in [2.45, 2.75) is 13.3 Å². The van der Waals surface area contributed by atoms with Gasteiger partial charge >= 0.3 is 0 Å². The van der Waals surface area contributed by atoms with Crippen LogP contribution in [0, 0.1) is 6.92 Å². The molecule has 1 aromatic heterocycles. The minimum absolute atomic E-state index is 0.0523. The molecule has 0 unspecified atom stereocenters. The molecule has 0 spiro atoms. The maximum atomic E-state index is 12.4. The van der Waals surface area contributed by atoms with Gasteiger partial charge in [-0.05, 0) is 36.2 Å². The summed E-state index contributed by atoms with van der Waals surface area (Å²) in [5, 5.41) is 4.05. The van der Waals surface area contributed by atoms with E-state index in [1.54, 1.807) is 7.11 Å². The van der Waals surface area contributed by atoms with Gasteiger partial charge in [-0.25, -0.2) is 0 Å². The first-order valence-corrected chi connectivity index (χ1v) is 7.56. The Hall–Kier alpha value is -2.75. The molecule has 118 valence electrons. The molecule has 0 saturated carbocycles. The van der Waals surface area contributed by atoms with Crippen LogP contribution in [-0.4, -0.2) is 17.6 Å². The summed E-state index contributed by atoms with van der Waals surface area (Å²) in [5.41, 5.74) is 3.94. The predicted octanol–water partition coefficient (Wildman–Crippen LogP) is 3.68. The zero-order chi connectivity index (χ0) is 16.4. The number of para-hydroxylation sites is 1. The molecule has 3 aromatic rings. The zero-order valence-electron chi connectivity index (χ0n) is 13.6. The summed E-state index contributed by atoms with van der Waals surface area (Å²) >= 11 is 0. The van der Waals surface area contributed by atoms with Gasteiger partial charge in [0.1, 0.15) is 5.75 Å². The predicted molar refractivity (Wildman–Crippen MR) is 93.0 cm³/mol. The van der Waals surface area contributed by atoms with Gasteiger partial charge in [-0.3, -0.25) is 4.79 Å². The molecule has 4 nitrogen and oxygen atoms in total. The van der Waals surface area contributed by atoms with E-state index >= 15 is 0 Å². The third-order valence-electron chi connectivity index (χ3n) is 3.96. The van der Waals surface area contributed by atoms with E-state index < -0.39 is 0 Å². The Morgan fingerprint density at radius 2 is 2.00 bits per heavy atom. The first-order valence-electron chi connectivity index (χ1n) is 7.56. The second-order valence-electron chi connectivity index (χ2n) is 5.71. The van der Waals surface area contributed by atoms with Gasteiger partial charge in [0.15, 0.2) is 0 Å². The van der Waals surface area contributed by atoms with Crippen molar-refractivity contribution < 1.29 is 9.53 Å². The van der Waals surface area contributed by atoms with Crippen LogP contribution in [0.5, 0.6) is 5.75 Å². The lowest BCUT2D eigenvalue weighted by Gasteiger charge is -2.10. The van der Waals surface area contributed by atoms with Crippen LogP contribution < -0.4 is 10.1 Å². The fourth-order valence-corrected chi connectivity index (χ4v) is 2.84. The summed E-state index contributed by atoms with van der Waals surface area (Å²) in [6, 6.07) is 13.8. The highest BCUT2D eigenvalue weighted by Gasteiger charge is 2.12. The van der Waals surface area contributed by atoms with Crippen molar-refractivity contribution in [3.63, 3.8) is 0 Å². The second kappa shape index (κ2) is 6.16. The topological polar surface area (TPSA) is 43.3 Å². The standard InChI is InChI=1S/C19H20N2O2/c1-13-8-9-16(18(10-13)23-3)20-19(22)11-14-12-21(2)17-7-5-4-6-15(14)17/h4-10,12H,11H2,1-3H3,(H,20,22). The van der Waals surface area contributed by atoms with Crippen LogP contribution in [0.3, 0.4) is 0 Å². The van der Waals surface area contributed by atoms with Crippen LogP contribution in [0.1, 0.15) is 11.1 Å². The fourth-order valence-electron chi connectivity index (χ4n) is 2.84. The molecule has 1 heterocycles. The summed E-state index contributed by atoms with van der Waals surface area (Å²) in [5.74, 6) is 0.625. The Kier molecular flexibility index (Phi) is 4.06. The van der Waals surface area contributed by atoms with Crippen LogP contribution in [-0.2, 0) is 18.3 Å². The van der Waals surface area contributed by atoms with E-state index in [0.717, 1.165) is 22.0 Å². The van der Waals surface area contributed by atoms with Gasteiger partial charge in [-0.1, -0.05) is 24.3 Å². The van der Waals surface area contributed by atoms with Crippen LogP contribution in [0.15, 0.2) is 48.7 Å². The molecule has 1 amide bonds. The molecule has 2 aromatic carbocycles. The number of aromatic nitrogens is 1. The Balaban J connectivity index is 1.82. The van der Waals surface area contributed by atoms with Crippen LogP contribution in [0.25, 0.3) is 10.9 Å². The quantitative estimate of drug-likeness (QED) is 0.799. The molecule has 0 aliphatic heterocycles. The number of amides is 1. The Morgan fingerprint density at radius 1 is 1.22 bits per heavy atom. The maximum Gasteiger partial charge on any atom is 0.228 e. The van der Waals surface area contributed by atoms with E-state index in [1.165, 1.54) is 0 Å². The van der Waals surface area contributed by atoms with Crippen molar-refractivity contribution in [2.75, 3.05) is 12.4 Å². The highest BCUT2D eigenvalue weighted by atomic mass is 16.5. The van der Waals surface area contributed by atoms with Crippen molar-refractivity contribution in [3.8, 4) is 5.75 Å². The molecule has 4 heteroatoms. The highest BCUT2D eigenvalue weighted by molar-refractivity contribution is 5.96. The molecule has 0 aliphatic rings. The number of nitrogens with zero attached hydrogens (tertiary/aromatic N) is 1. The maximum absolute atomic E-state index is 12.4. The van der Waals surface area contributed by atoms with Gasteiger partial charge in [0, 0.05) is 24.1 Å². The molecule has 23 heavy (non-hydrogen) atoms. The molecule has 0 fully saturated rings. The SMILES string of the molecule is COc1cc(C)ccc1NC(=O)Cc1cn(C)c2ccccc12. The number of hydrogen-bond donors (Lipinski definition) is 1. The molecular weight excluding hydrogens is 288 g/mol. The van der Waals surface area contributed by atoms with Gasteiger partial charge in [-0.2, -0.15) is 0 Å². The van der Waals surface area contributed by atoms with Gasteiger partial charge in [0.25, 0.3) is 0 Å². The van der Waals surface area contributed by atoms with Crippen molar-refractivity contribution in [2.24, 2.45) is 7.05 Å². The third kappa shape index (κ3) is 3.06. The molecule has 3 rings (SSSR count). The van der Waals surface area contributed by atoms with Crippen LogP contribution >= 0.6 is 0 Å². The summed E-state index contributed by atoms with van der Waals surface area (Å²) in [6.07, 6.45) is 2.34. The minimum atomic E-state index is -0.0523. The molecular formula is C19H20N2O2. The summed E-state index contributed by atoms with van der Waals surface area (Å²) in [6.45, 7) is 1.99. The van der Waals surface area contributed by atoms with E-state index in [9.17, 15) is 4.79 Å². The molecule has 0 radical (unpaired) electrons. The second-order valence-corrected chi connectivity index (χ2v) is 5.71. The number of anilines is 1. The number of hydrogen-bond acceptors (Lipinski definition) is 2. The number of rotatable bonds is 4. The Labute approximate surface area is 135 Å². The number of nitrogens with one attached hydrogen (secondary N) is 1. The average Bonchev–Trinajstić information content (AvgIpc) is 2.85. The first kappa shape index (κ1) is 15.2. The molecule has 0 atom stereocenters. The van der Waals surface area contributed by atoms with E-state index in [2.05, 4.69) is 11.4 Å². The van der Waals surface area contributed by atoms with Gasteiger partial charge in [-0.15, -0.1) is 0 Å². The monoisotopic (exact) mass is 308 g/mol. The number of carbonyl (C=O) groups is 1. The van der Waals surface area contributed by atoms with E-state index in [4.69, 9.17) is 4.74 Å². The summed E-state index contributed by atoms with van der Waals surface area (Å²) in [4.78, 5) is 12.4. The number of fused-ring (bicyclic) bond motifs is 1. The summed E-state index contributed by atoms with van der Waals surface area (Å²) in [7, 11) is 3.60. The smallest absolute Gasteiger partial charge is 0.228 e. The van der Waals surface area contributed by atoms with Crippen molar-refractivity contribution >= 4 is 22.5 Å². The van der Waals surface area contributed by atoms with Crippen molar-refractivity contribution in [1.29, 1.82) is 0 Å². The molecule has 0 bridgehead atoms. The van der Waals surface area contributed by atoms with Gasteiger partial charge < -0.3 is 14.6 Å². The van der Waals surface area contributed by atoms with Crippen LogP contribution in [0.2, 0.25) is 0 Å². The number of benzene rings is 2. The van der Waals surface area contributed by atoms with Gasteiger partial charge in [0.2, 0.25) is 5.91 Å². The Morgan fingerprint density at radius 3 is 2.78 bits per heavy atom. The van der Waals surface area contributed by atoms with Gasteiger partial charge in [0.05, 0.1) is 19.2 Å². The first-order chi connectivity index (χ1) is 11.1. The molecule has 1 N–H and O–H groups in total. The van der Waals surface area contributed by atoms with Crippen molar-refractivity contribution in [3.05, 3.63) is 59.8 Å². The minimum Gasteiger partial charge on any atom is -0.495 e. The van der Waals surface area contributed by atoms with Crippen LogP contribution in [0.4, 0.5) is 5.69 Å². The highest BCUT2D eigenvalue weighted by Crippen LogP contribution is 2.26.